The van der Waals surface area contributed by atoms with Crippen molar-refractivity contribution in [1.29, 1.82) is 0 Å². The van der Waals surface area contributed by atoms with Crippen LogP contribution in [-0.2, 0) is 14.8 Å². The van der Waals surface area contributed by atoms with Gasteiger partial charge >= 0.3 is 0 Å². The van der Waals surface area contributed by atoms with Crippen LogP contribution in [0.3, 0.4) is 0 Å². The molecule has 6 atom stereocenters. The second-order valence-electron chi connectivity index (χ2n) is 6.71. The normalized spacial score (nSPS) is 38.0. The van der Waals surface area contributed by atoms with Crippen LogP contribution in [0, 0.1) is 11.8 Å². The summed E-state index contributed by atoms with van der Waals surface area (Å²) < 4.78 is 31.5. The second-order valence-corrected chi connectivity index (χ2v) is 11.1. The molecule has 2 aliphatic carbocycles. The molecule has 0 aromatic heterocycles. The van der Waals surface area contributed by atoms with Crippen LogP contribution in [0.2, 0.25) is 0 Å². The minimum atomic E-state index is -3.36. The first-order valence-corrected chi connectivity index (χ1v) is 12.1. The van der Waals surface area contributed by atoms with Gasteiger partial charge in [-0.05, 0) is 43.9 Å². The lowest BCUT2D eigenvalue weighted by Gasteiger charge is -2.41. The van der Waals surface area contributed by atoms with E-state index < -0.39 is 10.0 Å². The Morgan fingerprint density at radius 1 is 1.21 bits per heavy atom. The topological polar surface area (TPSA) is 55.4 Å². The molecule has 0 saturated heterocycles. The smallest absolute Gasteiger partial charge is 0.233 e. The van der Waals surface area contributed by atoms with E-state index in [9.17, 15) is 8.42 Å². The molecule has 0 radical (unpaired) electrons. The summed E-state index contributed by atoms with van der Waals surface area (Å²) in [5, 5.41) is 1.07. The van der Waals surface area contributed by atoms with E-state index in [0.717, 1.165) is 37.5 Å². The van der Waals surface area contributed by atoms with Crippen LogP contribution in [0.5, 0.6) is 0 Å². The zero-order chi connectivity index (χ0) is 17.7. The number of hydrogen-bond acceptors (Lipinski definition) is 3. The first kappa shape index (κ1) is 21.2. The molecule has 2 fully saturated rings. The largest absolute Gasteiger partial charge is 0.377 e. The maximum absolute atomic E-state index is 11.3. The molecular formula is C16H26Cl2INO3S. The fourth-order valence-electron chi connectivity index (χ4n) is 3.77. The number of hydrogen-bond donors (Lipinski definition) is 1. The van der Waals surface area contributed by atoms with Gasteiger partial charge in [0.05, 0.1) is 23.5 Å². The molecule has 4 nitrogen and oxygen atoms in total. The van der Waals surface area contributed by atoms with Crippen molar-refractivity contribution in [2.45, 2.75) is 59.3 Å². The van der Waals surface area contributed by atoms with Gasteiger partial charge in [-0.2, -0.15) is 0 Å². The van der Waals surface area contributed by atoms with Crippen molar-refractivity contribution in [3.05, 3.63) is 12.0 Å². The maximum Gasteiger partial charge on any atom is 0.233 e. The highest BCUT2D eigenvalue weighted by atomic mass is 127. The molecule has 8 heteroatoms. The number of nitrogens with one attached hydrogen (secondary N) is 1. The lowest BCUT2D eigenvalue weighted by Crippen LogP contribution is -2.40. The van der Waals surface area contributed by atoms with E-state index in [1.54, 1.807) is 0 Å². The van der Waals surface area contributed by atoms with Crippen LogP contribution < -0.4 is 4.72 Å². The Bertz CT molecular complexity index is 519. The third kappa shape index (κ3) is 6.27. The van der Waals surface area contributed by atoms with Gasteiger partial charge in [-0.25, -0.2) is 13.1 Å². The summed E-state index contributed by atoms with van der Waals surface area (Å²) in [6.07, 6.45) is 6.64. The van der Waals surface area contributed by atoms with Gasteiger partial charge in [-0.3, -0.25) is 0 Å². The number of alkyl halides is 3. The highest BCUT2D eigenvalue weighted by Crippen LogP contribution is 2.44. The maximum atomic E-state index is 11.3. The Balaban J connectivity index is 1.78. The van der Waals surface area contributed by atoms with Crippen LogP contribution in [0.4, 0.5) is 0 Å². The molecule has 6 unspecified atom stereocenters. The molecule has 0 aromatic carbocycles. The van der Waals surface area contributed by atoms with Gasteiger partial charge in [-0.15, -0.1) is 23.2 Å². The molecule has 0 amide bonds. The average Bonchev–Trinajstić information content (AvgIpc) is 2.55. The highest BCUT2D eigenvalue weighted by Gasteiger charge is 2.39. The quantitative estimate of drug-likeness (QED) is 0.320. The number of rotatable bonds is 7. The van der Waals surface area contributed by atoms with E-state index in [-0.39, 0.29) is 23.4 Å². The molecule has 0 aromatic rings. The van der Waals surface area contributed by atoms with Crippen molar-refractivity contribution in [3.63, 3.8) is 0 Å². The molecule has 0 spiro atoms. The van der Waals surface area contributed by atoms with Crippen LogP contribution in [0.15, 0.2) is 12.0 Å². The highest BCUT2D eigenvalue weighted by molar-refractivity contribution is 14.1. The van der Waals surface area contributed by atoms with Crippen molar-refractivity contribution in [2.75, 3.05) is 13.2 Å². The first-order chi connectivity index (χ1) is 11.3. The Hall–Kier alpha value is 0.920. The Labute approximate surface area is 169 Å². The van der Waals surface area contributed by atoms with Gasteiger partial charge in [0.2, 0.25) is 10.0 Å². The molecule has 0 aliphatic heterocycles. The molecule has 140 valence electrons. The van der Waals surface area contributed by atoms with Crippen molar-refractivity contribution in [2.24, 2.45) is 11.8 Å². The number of halogens is 3. The zero-order valence-electron chi connectivity index (χ0n) is 13.7. The Morgan fingerprint density at radius 3 is 2.62 bits per heavy atom. The summed E-state index contributed by atoms with van der Waals surface area (Å²) >= 11 is 15.2. The van der Waals surface area contributed by atoms with Crippen LogP contribution in [0.1, 0.15) is 38.5 Å². The SMILES string of the molecule is C=CS(=O)(=O)NCCOC1CCCC(C2CC(Cl)C(Cl)CC2I)C1. The summed E-state index contributed by atoms with van der Waals surface area (Å²) in [5.74, 6) is 1.23. The monoisotopic (exact) mass is 509 g/mol. The van der Waals surface area contributed by atoms with E-state index in [1.165, 1.54) is 6.42 Å². The average molecular weight is 510 g/mol. The third-order valence-corrected chi connectivity index (χ3v) is 8.63. The molecule has 2 rings (SSSR count). The lowest BCUT2D eigenvalue weighted by molar-refractivity contribution is 0.00400. The summed E-state index contributed by atoms with van der Waals surface area (Å²) in [4.78, 5) is 0. The lowest BCUT2D eigenvalue weighted by atomic mass is 9.72. The fourth-order valence-corrected chi connectivity index (χ4v) is 6.59. The van der Waals surface area contributed by atoms with E-state index in [2.05, 4.69) is 33.9 Å². The fraction of sp³-hybridized carbons (Fsp3) is 0.875. The van der Waals surface area contributed by atoms with Crippen LogP contribution in [0.25, 0.3) is 0 Å². The first-order valence-electron chi connectivity index (χ1n) is 8.48. The van der Waals surface area contributed by atoms with Crippen LogP contribution >= 0.6 is 45.8 Å². The minimum Gasteiger partial charge on any atom is -0.377 e. The predicted molar refractivity (Wildman–Crippen MR) is 109 cm³/mol. The van der Waals surface area contributed by atoms with Gasteiger partial charge in [-0.1, -0.05) is 35.6 Å². The Morgan fingerprint density at radius 2 is 1.92 bits per heavy atom. The summed E-state index contributed by atoms with van der Waals surface area (Å²) in [7, 11) is -3.36. The van der Waals surface area contributed by atoms with E-state index in [1.807, 2.05) is 0 Å². The number of ether oxygens (including phenoxy) is 1. The van der Waals surface area contributed by atoms with E-state index >= 15 is 0 Å². The molecular weight excluding hydrogens is 484 g/mol. The van der Waals surface area contributed by atoms with Crippen molar-refractivity contribution < 1.29 is 13.2 Å². The molecule has 2 saturated carbocycles. The standard InChI is InChI=1S/C16H26Cl2INO3S/c1-2-24(21,22)20-6-7-23-12-5-3-4-11(8-12)13-9-14(17)15(18)10-16(13)19/h2,11-16,20H,1,3-10H2. The van der Waals surface area contributed by atoms with Crippen molar-refractivity contribution >= 4 is 55.8 Å². The van der Waals surface area contributed by atoms with Gasteiger partial charge < -0.3 is 4.74 Å². The van der Waals surface area contributed by atoms with Gasteiger partial charge in [0, 0.05) is 15.9 Å². The van der Waals surface area contributed by atoms with E-state index in [0.29, 0.717) is 22.4 Å². The zero-order valence-corrected chi connectivity index (χ0v) is 18.2. The predicted octanol–water partition coefficient (Wildman–Crippen LogP) is 4.05. The summed E-state index contributed by atoms with van der Waals surface area (Å²) in [6, 6.07) is 0. The molecule has 1 N–H and O–H groups in total. The van der Waals surface area contributed by atoms with Crippen molar-refractivity contribution in [1.82, 2.24) is 4.72 Å². The Kier molecular flexibility index (Phi) is 8.61. The second kappa shape index (κ2) is 9.74. The van der Waals surface area contributed by atoms with Gasteiger partial charge in [0.1, 0.15) is 0 Å². The minimum absolute atomic E-state index is 0.0669. The molecule has 2 aliphatic rings. The molecule has 24 heavy (non-hydrogen) atoms. The van der Waals surface area contributed by atoms with E-state index in [4.69, 9.17) is 27.9 Å². The third-order valence-electron chi connectivity index (χ3n) is 5.06. The van der Waals surface area contributed by atoms with Crippen molar-refractivity contribution in [3.8, 4) is 0 Å². The van der Waals surface area contributed by atoms with Gasteiger partial charge in [0.25, 0.3) is 0 Å². The number of sulfonamides is 1. The molecule has 0 bridgehead atoms. The van der Waals surface area contributed by atoms with Gasteiger partial charge in [0.15, 0.2) is 0 Å². The summed E-state index contributed by atoms with van der Waals surface area (Å²) in [6.45, 7) is 3.95. The summed E-state index contributed by atoms with van der Waals surface area (Å²) in [5.41, 5.74) is 0. The van der Waals surface area contributed by atoms with Crippen LogP contribution in [-0.4, -0.2) is 42.4 Å². The molecule has 0 heterocycles.